The van der Waals surface area contributed by atoms with Gasteiger partial charge in [0.05, 0.1) is 0 Å². The molecule has 1 atom stereocenters. The number of nitrogens with zero attached hydrogens (tertiary/aromatic N) is 1. The van der Waals surface area contributed by atoms with Crippen LogP contribution in [0.5, 0.6) is 0 Å². The molecule has 0 aliphatic heterocycles. The quantitative estimate of drug-likeness (QED) is 0.745. The monoisotopic (exact) mass is 224 g/mol. The molecule has 0 fully saturated rings. The predicted molar refractivity (Wildman–Crippen MR) is 47.0 cm³/mol. The molecule has 1 heterocycles. The molecule has 0 bridgehead atoms. The molecule has 0 amide bonds. The van der Waals surface area contributed by atoms with E-state index in [1.807, 2.05) is 0 Å². The van der Waals surface area contributed by atoms with Crippen molar-refractivity contribution >= 4 is 11.6 Å². The first kappa shape index (κ1) is 11.3. The lowest BCUT2D eigenvalue weighted by Gasteiger charge is -2.16. The molecule has 0 spiro atoms. The van der Waals surface area contributed by atoms with E-state index in [0.717, 1.165) is 0 Å². The SMILES string of the molecule is Cc1ccc(C(N)C(F)(F)F)c(Cl)n1. The summed E-state index contributed by atoms with van der Waals surface area (Å²) in [5.74, 6) is 0. The van der Waals surface area contributed by atoms with E-state index in [0.29, 0.717) is 5.69 Å². The van der Waals surface area contributed by atoms with Crippen LogP contribution in [0.1, 0.15) is 17.3 Å². The van der Waals surface area contributed by atoms with E-state index in [4.69, 9.17) is 17.3 Å². The van der Waals surface area contributed by atoms with Gasteiger partial charge < -0.3 is 5.73 Å². The second kappa shape index (κ2) is 3.74. The van der Waals surface area contributed by atoms with Crippen LogP contribution in [0.25, 0.3) is 0 Å². The van der Waals surface area contributed by atoms with Gasteiger partial charge in [-0.15, -0.1) is 0 Å². The van der Waals surface area contributed by atoms with Crippen molar-refractivity contribution in [2.45, 2.75) is 19.1 Å². The Morgan fingerprint density at radius 1 is 1.43 bits per heavy atom. The Hall–Kier alpha value is -0.810. The Morgan fingerprint density at radius 3 is 2.43 bits per heavy atom. The molecule has 0 aliphatic rings. The maximum absolute atomic E-state index is 12.2. The van der Waals surface area contributed by atoms with Gasteiger partial charge in [0, 0.05) is 11.3 Å². The second-order valence-corrected chi connectivity index (χ2v) is 3.21. The average molecular weight is 225 g/mol. The molecule has 0 radical (unpaired) electrons. The lowest BCUT2D eigenvalue weighted by atomic mass is 10.1. The van der Waals surface area contributed by atoms with Crippen molar-refractivity contribution in [3.63, 3.8) is 0 Å². The van der Waals surface area contributed by atoms with E-state index in [1.165, 1.54) is 12.1 Å². The minimum atomic E-state index is -4.50. The van der Waals surface area contributed by atoms with Gasteiger partial charge in [0.25, 0.3) is 0 Å². The first-order valence-electron chi connectivity index (χ1n) is 3.77. The van der Waals surface area contributed by atoms with Gasteiger partial charge in [0.2, 0.25) is 0 Å². The number of aryl methyl sites for hydroxylation is 1. The zero-order chi connectivity index (χ0) is 10.9. The van der Waals surface area contributed by atoms with Crippen molar-refractivity contribution in [1.82, 2.24) is 4.98 Å². The maximum Gasteiger partial charge on any atom is 0.407 e. The average Bonchev–Trinajstić information content (AvgIpc) is 2.01. The Labute approximate surface area is 83.9 Å². The lowest BCUT2D eigenvalue weighted by molar-refractivity contribution is -0.149. The van der Waals surface area contributed by atoms with Gasteiger partial charge in [-0.1, -0.05) is 17.7 Å². The fourth-order valence-corrected chi connectivity index (χ4v) is 1.26. The number of pyridine rings is 1. The van der Waals surface area contributed by atoms with Crippen LogP contribution < -0.4 is 5.73 Å². The third-order valence-electron chi connectivity index (χ3n) is 1.70. The van der Waals surface area contributed by atoms with Crippen LogP contribution in [0, 0.1) is 6.92 Å². The normalized spacial score (nSPS) is 14.1. The molecule has 14 heavy (non-hydrogen) atoms. The zero-order valence-corrected chi connectivity index (χ0v) is 8.02. The van der Waals surface area contributed by atoms with Gasteiger partial charge >= 0.3 is 6.18 Å². The molecule has 2 nitrogen and oxygen atoms in total. The lowest BCUT2D eigenvalue weighted by Crippen LogP contribution is -2.28. The third kappa shape index (κ3) is 2.36. The topological polar surface area (TPSA) is 38.9 Å². The van der Waals surface area contributed by atoms with Crippen LogP contribution in [0.3, 0.4) is 0 Å². The minimum absolute atomic E-state index is 0.199. The predicted octanol–water partition coefficient (Wildman–Crippen LogP) is 2.61. The van der Waals surface area contributed by atoms with Gasteiger partial charge in [-0.3, -0.25) is 0 Å². The van der Waals surface area contributed by atoms with Crippen molar-refractivity contribution in [2.75, 3.05) is 0 Å². The van der Waals surface area contributed by atoms with Crippen molar-refractivity contribution in [2.24, 2.45) is 5.73 Å². The number of rotatable bonds is 1. The fourth-order valence-electron chi connectivity index (χ4n) is 0.944. The first-order valence-corrected chi connectivity index (χ1v) is 4.15. The summed E-state index contributed by atoms with van der Waals surface area (Å²) in [6, 6.07) is 0.596. The van der Waals surface area contributed by atoms with Crippen LogP contribution >= 0.6 is 11.6 Å². The summed E-state index contributed by atoms with van der Waals surface area (Å²) < 4.78 is 36.6. The van der Waals surface area contributed by atoms with E-state index in [1.54, 1.807) is 6.92 Å². The molecular weight excluding hydrogens is 217 g/mol. The number of nitrogens with two attached hydrogens (primary N) is 1. The highest BCUT2D eigenvalue weighted by Gasteiger charge is 2.39. The molecule has 6 heteroatoms. The number of hydrogen-bond donors (Lipinski definition) is 1. The molecule has 1 rings (SSSR count). The minimum Gasteiger partial charge on any atom is -0.316 e. The van der Waals surface area contributed by atoms with Crippen LogP contribution in [-0.2, 0) is 0 Å². The highest BCUT2D eigenvalue weighted by atomic mass is 35.5. The summed E-state index contributed by atoms with van der Waals surface area (Å²) >= 11 is 5.54. The second-order valence-electron chi connectivity index (χ2n) is 2.85. The number of aromatic nitrogens is 1. The molecule has 1 aromatic rings. The van der Waals surface area contributed by atoms with E-state index in [9.17, 15) is 13.2 Å². The van der Waals surface area contributed by atoms with Crippen LogP contribution in [0.15, 0.2) is 12.1 Å². The smallest absolute Gasteiger partial charge is 0.316 e. The summed E-state index contributed by atoms with van der Waals surface area (Å²) in [6.07, 6.45) is -4.50. The summed E-state index contributed by atoms with van der Waals surface area (Å²) in [6.45, 7) is 1.63. The molecule has 0 saturated heterocycles. The summed E-state index contributed by atoms with van der Waals surface area (Å²) in [5.41, 5.74) is 5.32. The van der Waals surface area contributed by atoms with Crippen LogP contribution in [-0.4, -0.2) is 11.2 Å². The highest BCUT2D eigenvalue weighted by Crippen LogP contribution is 2.33. The van der Waals surface area contributed by atoms with Crippen molar-refractivity contribution in [3.8, 4) is 0 Å². The summed E-state index contributed by atoms with van der Waals surface area (Å²) in [7, 11) is 0. The zero-order valence-electron chi connectivity index (χ0n) is 7.27. The van der Waals surface area contributed by atoms with E-state index in [2.05, 4.69) is 4.98 Å². The van der Waals surface area contributed by atoms with Crippen LogP contribution in [0.4, 0.5) is 13.2 Å². The number of hydrogen-bond acceptors (Lipinski definition) is 2. The van der Waals surface area contributed by atoms with Crippen LogP contribution in [0.2, 0.25) is 5.15 Å². The molecule has 1 unspecified atom stereocenters. The van der Waals surface area contributed by atoms with Crippen molar-refractivity contribution in [3.05, 3.63) is 28.5 Å². The largest absolute Gasteiger partial charge is 0.407 e. The Balaban J connectivity index is 3.08. The third-order valence-corrected chi connectivity index (χ3v) is 2.01. The molecule has 0 aliphatic carbocycles. The number of halogens is 4. The van der Waals surface area contributed by atoms with Gasteiger partial charge in [-0.05, 0) is 13.0 Å². The van der Waals surface area contributed by atoms with Gasteiger partial charge in [-0.25, -0.2) is 4.98 Å². The molecular formula is C8H8ClF3N2. The Bertz CT molecular complexity index is 338. The first-order chi connectivity index (χ1) is 6.32. The maximum atomic E-state index is 12.2. The molecule has 78 valence electrons. The Morgan fingerprint density at radius 2 is 2.00 bits per heavy atom. The Kier molecular flexibility index (Phi) is 3.01. The van der Waals surface area contributed by atoms with Gasteiger partial charge in [0.15, 0.2) is 0 Å². The molecule has 0 aromatic carbocycles. The molecule has 0 saturated carbocycles. The van der Waals surface area contributed by atoms with Gasteiger partial charge in [0.1, 0.15) is 11.2 Å². The van der Waals surface area contributed by atoms with Crippen molar-refractivity contribution in [1.29, 1.82) is 0 Å². The summed E-state index contributed by atoms with van der Waals surface area (Å²) in [5, 5.41) is -0.199. The highest BCUT2D eigenvalue weighted by molar-refractivity contribution is 6.30. The summed E-state index contributed by atoms with van der Waals surface area (Å²) in [4.78, 5) is 3.69. The number of alkyl halides is 3. The van der Waals surface area contributed by atoms with Crippen molar-refractivity contribution < 1.29 is 13.2 Å². The van der Waals surface area contributed by atoms with Gasteiger partial charge in [-0.2, -0.15) is 13.2 Å². The standard InChI is InChI=1S/C8H8ClF3N2/c1-4-2-3-5(7(9)14-4)6(13)8(10,11)12/h2-3,6H,13H2,1H3. The van der Waals surface area contributed by atoms with E-state index < -0.39 is 12.2 Å². The van der Waals surface area contributed by atoms with E-state index in [-0.39, 0.29) is 10.7 Å². The molecule has 1 aromatic heterocycles. The fraction of sp³-hybridized carbons (Fsp3) is 0.375. The van der Waals surface area contributed by atoms with E-state index >= 15 is 0 Å². The molecule has 2 N–H and O–H groups in total.